The first-order chi connectivity index (χ1) is 16.7. The molecule has 0 saturated carbocycles. The molecular formula is C22H22F3N5O5. The van der Waals surface area contributed by atoms with Crippen LogP contribution in [0.2, 0.25) is 0 Å². The van der Waals surface area contributed by atoms with Gasteiger partial charge in [-0.2, -0.15) is 18.2 Å². The lowest BCUT2D eigenvalue weighted by atomic mass is 10.1. The van der Waals surface area contributed by atoms with E-state index in [1.54, 1.807) is 11.8 Å². The Morgan fingerprint density at radius 3 is 2.57 bits per heavy atom. The number of aryl methyl sites for hydroxylation is 2. The van der Waals surface area contributed by atoms with Gasteiger partial charge >= 0.3 is 12.1 Å². The van der Waals surface area contributed by atoms with Crippen molar-refractivity contribution in [3.8, 4) is 11.4 Å². The highest BCUT2D eigenvalue weighted by Crippen LogP contribution is 2.29. The number of nitrogens with one attached hydrogen (secondary N) is 1. The van der Waals surface area contributed by atoms with E-state index < -0.39 is 24.0 Å². The van der Waals surface area contributed by atoms with Crippen LogP contribution < -0.4 is 5.32 Å². The molecule has 4 rings (SSSR count). The molecule has 3 aromatic rings. The third kappa shape index (κ3) is 5.19. The number of benzene rings is 1. The lowest BCUT2D eigenvalue weighted by Gasteiger charge is -2.35. The quantitative estimate of drug-likeness (QED) is 0.556. The monoisotopic (exact) mass is 493 g/mol. The van der Waals surface area contributed by atoms with Crippen molar-refractivity contribution in [1.82, 2.24) is 25.5 Å². The fraction of sp³-hybridized carbons (Fsp3) is 0.409. The summed E-state index contributed by atoms with van der Waals surface area (Å²) in [7, 11) is 0. The molecular weight excluding hydrogens is 471 g/mol. The molecule has 2 amide bonds. The van der Waals surface area contributed by atoms with Gasteiger partial charge in [-0.05, 0) is 25.5 Å². The third-order valence-electron chi connectivity index (χ3n) is 5.54. The number of hydrogen-bond acceptors (Lipinski definition) is 8. The number of rotatable bonds is 6. The molecule has 0 aliphatic carbocycles. The Balaban J connectivity index is 1.41. The Morgan fingerprint density at radius 1 is 1.17 bits per heavy atom. The number of amides is 2. The summed E-state index contributed by atoms with van der Waals surface area (Å²) in [5.74, 6) is -1.91. The summed E-state index contributed by atoms with van der Waals surface area (Å²) in [6.07, 6.45) is -4.20. The maximum Gasteiger partial charge on any atom is 0.471 e. The van der Waals surface area contributed by atoms with E-state index in [1.165, 1.54) is 24.3 Å². The van der Waals surface area contributed by atoms with E-state index in [9.17, 15) is 22.8 Å². The van der Waals surface area contributed by atoms with Gasteiger partial charge in [-0.15, -0.1) is 0 Å². The predicted octanol–water partition coefficient (Wildman–Crippen LogP) is 2.89. The molecule has 0 radical (unpaired) electrons. The normalized spacial score (nSPS) is 16.4. The largest absolute Gasteiger partial charge is 0.471 e. The molecule has 3 heterocycles. The average molecular weight is 493 g/mol. The van der Waals surface area contributed by atoms with Crippen LogP contribution in [-0.2, 0) is 17.3 Å². The summed E-state index contributed by atoms with van der Waals surface area (Å²) in [4.78, 5) is 30.8. The first-order valence-corrected chi connectivity index (χ1v) is 10.8. The van der Waals surface area contributed by atoms with Crippen LogP contribution in [0.25, 0.3) is 11.4 Å². The van der Waals surface area contributed by atoms with Crippen molar-refractivity contribution in [2.24, 2.45) is 0 Å². The minimum Gasteiger partial charge on any atom is -0.377 e. The van der Waals surface area contributed by atoms with Gasteiger partial charge in [0.2, 0.25) is 5.82 Å². The molecule has 1 N–H and O–H groups in total. The summed E-state index contributed by atoms with van der Waals surface area (Å²) in [6, 6.07) is 5.30. The van der Waals surface area contributed by atoms with Gasteiger partial charge in [0.15, 0.2) is 0 Å². The molecule has 1 saturated heterocycles. The number of morpholine rings is 1. The zero-order chi connectivity index (χ0) is 25.2. The molecule has 13 heteroatoms. The van der Waals surface area contributed by atoms with Gasteiger partial charge < -0.3 is 24.0 Å². The average Bonchev–Trinajstić information content (AvgIpc) is 3.49. The molecule has 35 heavy (non-hydrogen) atoms. The minimum atomic E-state index is -4.74. The lowest BCUT2D eigenvalue weighted by Crippen LogP contribution is -2.53. The van der Waals surface area contributed by atoms with E-state index in [1.807, 2.05) is 6.92 Å². The Morgan fingerprint density at radius 2 is 1.91 bits per heavy atom. The Kier molecular flexibility index (Phi) is 6.87. The van der Waals surface area contributed by atoms with Crippen molar-refractivity contribution in [3.63, 3.8) is 0 Å². The van der Waals surface area contributed by atoms with Crippen molar-refractivity contribution >= 4 is 11.8 Å². The summed E-state index contributed by atoms with van der Waals surface area (Å²) >= 11 is 0. The smallest absolute Gasteiger partial charge is 0.377 e. The van der Waals surface area contributed by atoms with Crippen LogP contribution in [0.3, 0.4) is 0 Å². The van der Waals surface area contributed by atoms with Crippen LogP contribution in [0, 0.1) is 6.92 Å². The molecule has 2 aromatic heterocycles. The molecule has 0 spiro atoms. The van der Waals surface area contributed by atoms with Crippen LogP contribution in [0.15, 0.2) is 33.3 Å². The lowest BCUT2D eigenvalue weighted by molar-refractivity contribution is -0.159. The summed E-state index contributed by atoms with van der Waals surface area (Å²) in [6.45, 7) is 4.67. The number of nitrogens with zero attached hydrogens (tertiary/aromatic N) is 4. The molecule has 186 valence electrons. The molecule has 0 unspecified atom stereocenters. The van der Waals surface area contributed by atoms with E-state index in [2.05, 4.69) is 25.1 Å². The van der Waals surface area contributed by atoms with E-state index in [0.717, 1.165) is 0 Å². The van der Waals surface area contributed by atoms with Crippen molar-refractivity contribution < 1.29 is 36.5 Å². The van der Waals surface area contributed by atoms with Gasteiger partial charge in [-0.25, -0.2) is 0 Å². The highest BCUT2D eigenvalue weighted by molar-refractivity contribution is 5.97. The first kappa shape index (κ1) is 24.4. The molecule has 0 bridgehead atoms. The number of alkyl halides is 3. The predicted molar refractivity (Wildman–Crippen MR) is 113 cm³/mol. The summed E-state index contributed by atoms with van der Waals surface area (Å²) < 4.78 is 52.9. The number of hydrogen-bond donors (Lipinski definition) is 1. The Labute approximate surface area is 197 Å². The maximum absolute atomic E-state index is 13.2. The van der Waals surface area contributed by atoms with Crippen molar-refractivity contribution in [2.45, 2.75) is 32.5 Å². The zero-order valence-electron chi connectivity index (χ0n) is 18.9. The SMILES string of the molecule is CCc1noc(C)c1C(=O)N1CCOC[C@@H]1CNC(=O)c1ccc(-c2noc(C(F)(F)F)n2)cc1. The Bertz CT molecular complexity index is 1210. The molecule has 1 aliphatic heterocycles. The second-order valence-electron chi connectivity index (χ2n) is 7.85. The van der Waals surface area contributed by atoms with Crippen LogP contribution in [0.1, 0.15) is 45.0 Å². The van der Waals surface area contributed by atoms with Gasteiger partial charge in [0, 0.05) is 24.2 Å². The first-order valence-electron chi connectivity index (χ1n) is 10.8. The van der Waals surface area contributed by atoms with E-state index in [0.29, 0.717) is 36.6 Å². The van der Waals surface area contributed by atoms with Crippen molar-refractivity contribution in [2.75, 3.05) is 26.3 Å². The number of ether oxygens (including phenoxy) is 1. The summed E-state index contributed by atoms with van der Waals surface area (Å²) in [5.41, 5.74) is 1.53. The van der Waals surface area contributed by atoms with Gasteiger partial charge in [0.05, 0.1) is 24.9 Å². The number of aromatic nitrogens is 3. The molecule has 1 atom stereocenters. The third-order valence-corrected chi connectivity index (χ3v) is 5.54. The molecule has 1 fully saturated rings. The number of halogens is 3. The van der Waals surface area contributed by atoms with Crippen LogP contribution >= 0.6 is 0 Å². The highest BCUT2D eigenvalue weighted by atomic mass is 19.4. The van der Waals surface area contributed by atoms with Crippen LogP contribution in [-0.4, -0.2) is 64.4 Å². The van der Waals surface area contributed by atoms with Gasteiger partial charge in [0.25, 0.3) is 11.8 Å². The van der Waals surface area contributed by atoms with Gasteiger partial charge in [0.1, 0.15) is 11.3 Å². The zero-order valence-corrected chi connectivity index (χ0v) is 18.9. The van der Waals surface area contributed by atoms with Crippen LogP contribution in [0.4, 0.5) is 13.2 Å². The molecule has 10 nitrogen and oxygen atoms in total. The van der Waals surface area contributed by atoms with E-state index >= 15 is 0 Å². The van der Waals surface area contributed by atoms with Crippen molar-refractivity contribution in [3.05, 3.63) is 52.7 Å². The van der Waals surface area contributed by atoms with Gasteiger partial charge in [-0.3, -0.25) is 9.59 Å². The Hall–Kier alpha value is -3.74. The fourth-order valence-corrected chi connectivity index (χ4v) is 3.71. The fourth-order valence-electron chi connectivity index (χ4n) is 3.71. The molecule has 1 aliphatic rings. The van der Waals surface area contributed by atoms with E-state index in [-0.39, 0.29) is 36.0 Å². The number of carbonyl (C=O) groups is 2. The second kappa shape index (κ2) is 9.86. The number of carbonyl (C=O) groups excluding carboxylic acids is 2. The molecule has 1 aromatic carbocycles. The van der Waals surface area contributed by atoms with Crippen molar-refractivity contribution in [1.29, 1.82) is 0 Å². The highest BCUT2D eigenvalue weighted by Gasteiger charge is 2.38. The maximum atomic E-state index is 13.2. The topological polar surface area (TPSA) is 124 Å². The second-order valence-corrected chi connectivity index (χ2v) is 7.85. The minimum absolute atomic E-state index is 0.137. The van der Waals surface area contributed by atoms with E-state index in [4.69, 9.17) is 9.26 Å². The standard InChI is InChI=1S/C22H22F3N5O5/c1-3-16-17(12(2)34-28-16)20(32)30-8-9-33-11-15(30)10-26-19(31)14-6-4-13(5-7-14)18-27-21(35-29-18)22(23,24)25/h4-7,15H,3,8-11H2,1-2H3,(H,26,31)/t15-/m0/s1. The summed E-state index contributed by atoms with van der Waals surface area (Å²) in [5, 5.41) is 10.0. The van der Waals surface area contributed by atoms with Crippen LogP contribution in [0.5, 0.6) is 0 Å². The van der Waals surface area contributed by atoms with Gasteiger partial charge in [-0.1, -0.05) is 29.4 Å².